The molecule has 11 nitrogen and oxygen atoms in total. The summed E-state index contributed by atoms with van der Waals surface area (Å²) in [5.74, 6) is -0.768. The summed E-state index contributed by atoms with van der Waals surface area (Å²) in [5.41, 5.74) is 7.19. The monoisotopic (exact) mass is 504 g/mol. The van der Waals surface area contributed by atoms with Gasteiger partial charge in [-0.15, -0.1) is 11.8 Å². The van der Waals surface area contributed by atoms with Gasteiger partial charge in [-0.25, -0.2) is 14.5 Å². The van der Waals surface area contributed by atoms with Crippen molar-refractivity contribution in [2.24, 2.45) is 5.92 Å². The maximum Gasteiger partial charge on any atom is 0.459 e. The van der Waals surface area contributed by atoms with Crippen LogP contribution in [-0.2, 0) is 13.9 Å². The molecule has 0 radical (unpaired) electrons. The summed E-state index contributed by atoms with van der Waals surface area (Å²) in [6.45, 7) is 1.44. The predicted molar refractivity (Wildman–Crippen MR) is 129 cm³/mol. The molecule has 0 aliphatic heterocycles. The Morgan fingerprint density at radius 1 is 1.35 bits per heavy atom. The number of thioether (sulfide) groups is 1. The van der Waals surface area contributed by atoms with Crippen LogP contribution in [0.3, 0.4) is 0 Å². The van der Waals surface area contributed by atoms with Crippen LogP contribution in [0.1, 0.15) is 19.4 Å². The average Bonchev–Trinajstić information content (AvgIpc) is 3.44. The van der Waals surface area contributed by atoms with Crippen molar-refractivity contribution in [3.63, 3.8) is 0 Å². The van der Waals surface area contributed by atoms with Gasteiger partial charge in [0.05, 0.1) is 19.0 Å². The summed E-state index contributed by atoms with van der Waals surface area (Å²) in [5, 5.41) is 12.4. The lowest BCUT2D eigenvalue weighted by Crippen LogP contribution is -2.33. The van der Waals surface area contributed by atoms with Crippen LogP contribution in [0.15, 0.2) is 53.8 Å². The van der Waals surface area contributed by atoms with E-state index in [0.717, 1.165) is 0 Å². The molecule has 1 aliphatic rings. The molecule has 1 aromatic carbocycles. The van der Waals surface area contributed by atoms with Crippen LogP contribution in [0.4, 0.5) is 5.95 Å². The highest BCUT2D eigenvalue weighted by Crippen LogP contribution is 2.46. The number of nitrogens with two attached hydrogens (primary N) is 1. The van der Waals surface area contributed by atoms with Crippen molar-refractivity contribution >= 4 is 42.6 Å². The molecule has 3 aromatic rings. The highest BCUT2D eigenvalue weighted by Gasteiger charge is 2.33. The summed E-state index contributed by atoms with van der Waals surface area (Å²) < 4.78 is 26.5. The van der Waals surface area contributed by atoms with Gasteiger partial charge in [0.1, 0.15) is 22.3 Å². The minimum atomic E-state index is -3.96. The van der Waals surface area contributed by atoms with Crippen molar-refractivity contribution in [2.75, 3.05) is 18.6 Å². The first-order valence-electron chi connectivity index (χ1n) is 10.5. The normalized spacial score (nSPS) is 20.3. The fourth-order valence-electron chi connectivity index (χ4n) is 3.57. The average molecular weight is 505 g/mol. The van der Waals surface area contributed by atoms with Gasteiger partial charge in [-0.1, -0.05) is 30.4 Å². The van der Waals surface area contributed by atoms with Crippen molar-refractivity contribution in [1.82, 2.24) is 24.6 Å². The van der Waals surface area contributed by atoms with Gasteiger partial charge in [0.2, 0.25) is 5.95 Å². The van der Waals surface area contributed by atoms with Gasteiger partial charge >= 0.3 is 13.7 Å². The first-order chi connectivity index (χ1) is 16.3. The van der Waals surface area contributed by atoms with Crippen LogP contribution in [0, 0.1) is 5.92 Å². The Kier molecular flexibility index (Phi) is 7.22. The van der Waals surface area contributed by atoms with Crippen LogP contribution < -0.4 is 15.3 Å². The largest absolute Gasteiger partial charge is 0.480 e. The zero-order valence-electron chi connectivity index (χ0n) is 18.6. The molecule has 0 spiro atoms. The maximum absolute atomic E-state index is 13.4. The number of nitrogens with one attached hydrogen (secondary N) is 1. The van der Waals surface area contributed by atoms with Gasteiger partial charge in [-0.05, 0) is 31.7 Å². The predicted octanol–water partition coefficient (Wildman–Crippen LogP) is 3.51. The Hall–Kier alpha value is -2.92. The molecule has 0 amide bonds. The third-order valence-electron chi connectivity index (χ3n) is 5.26. The minimum Gasteiger partial charge on any atom is -0.480 e. The Morgan fingerprint density at radius 2 is 2.12 bits per heavy atom. The van der Waals surface area contributed by atoms with Crippen LogP contribution in [-0.4, -0.2) is 49.5 Å². The minimum absolute atomic E-state index is 0.0528. The molecule has 0 saturated carbocycles. The standard InChI is InChI=1S/C21H25N6O5PS/c1-13(20(28)29)26-33(30,32-16-6-4-3-5-7-16)31-11-14-8-9-15(10-14)27-12-23-17-18(27)24-21(22)25-19(17)34-2/h3-9,12-15H,10-11H2,1-2H3,(H,26,30)(H,28,29)(H2,22,24,25)/t13?,14-,15+,33-/m1/s1. The molecule has 1 aliphatic carbocycles. The molecule has 2 aromatic heterocycles. The molecule has 4 N–H and O–H groups in total. The zero-order chi connectivity index (χ0) is 24.3. The Bertz CT molecular complexity index is 1250. The van der Waals surface area contributed by atoms with Crippen LogP contribution in [0.25, 0.3) is 11.2 Å². The number of aliphatic carboxylic acids is 1. The number of allylic oxidation sites excluding steroid dienone is 1. The second-order valence-corrected chi connectivity index (χ2v) is 10.2. The molecule has 13 heteroatoms. The van der Waals surface area contributed by atoms with Crippen LogP contribution in [0.2, 0.25) is 0 Å². The van der Waals surface area contributed by atoms with Gasteiger partial charge in [-0.3, -0.25) is 9.32 Å². The molecule has 0 saturated heterocycles. The molecular formula is C21H25N6O5PS. The van der Waals surface area contributed by atoms with Gasteiger partial charge < -0.3 is 19.9 Å². The van der Waals surface area contributed by atoms with E-state index in [1.807, 2.05) is 23.0 Å². The molecule has 180 valence electrons. The van der Waals surface area contributed by atoms with Crippen molar-refractivity contribution in [1.29, 1.82) is 0 Å². The SMILES string of the molecule is CSc1nc(N)nc2c1ncn2[C@H]1C=C[C@@H](CO[P@](=O)(NC(C)C(=O)O)Oc2ccccc2)C1. The quantitative estimate of drug-likeness (QED) is 0.161. The summed E-state index contributed by atoms with van der Waals surface area (Å²) in [4.78, 5) is 24.3. The van der Waals surface area contributed by atoms with E-state index in [1.165, 1.54) is 18.7 Å². The smallest absolute Gasteiger partial charge is 0.459 e. The van der Waals surface area contributed by atoms with Crippen molar-refractivity contribution in [3.8, 4) is 5.75 Å². The van der Waals surface area contributed by atoms with E-state index in [2.05, 4.69) is 20.0 Å². The second-order valence-electron chi connectivity index (χ2n) is 7.75. The topological polar surface area (TPSA) is 154 Å². The Morgan fingerprint density at radius 3 is 2.82 bits per heavy atom. The molecule has 0 bridgehead atoms. The van der Waals surface area contributed by atoms with E-state index in [9.17, 15) is 14.5 Å². The molecule has 34 heavy (non-hydrogen) atoms. The van der Waals surface area contributed by atoms with E-state index >= 15 is 0 Å². The number of carboxylic acid groups (broad SMARTS) is 1. The molecule has 2 heterocycles. The lowest BCUT2D eigenvalue weighted by atomic mass is 10.1. The van der Waals surface area contributed by atoms with Crippen molar-refractivity contribution in [2.45, 2.75) is 30.5 Å². The summed E-state index contributed by atoms with van der Waals surface area (Å²) in [6.07, 6.45) is 8.21. The van der Waals surface area contributed by atoms with Crippen molar-refractivity contribution < 1.29 is 23.5 Å². The number of rotatable bonds is 10. The van der Waals surface area contributed by atoms with Crippen molar-refractivity contribution in [3.05, 3.63) is 48.8 Å². The number of para-hydroxylation sites is 1. The number of nitrogen functional groups attached to an aromatic ring is 1. The number of nitrogens with zero attached hydrogens (tertiary/aromatic N) is 4. The highest BCUT2D eigenvalue weighted by molar-refractivity contribution is 7.98. The van der Waals surface area contributed by atoms with Gasteiger partial charge in [-0.2, -0.15) is 10.1 Å². The van der Waals surface area contributed by atoms with E-state index in [-0.39, 0.29) is 24.5 Å². The van der Waals surface area contributed by atoms with Crippen LogP contribution >= 0.6 is 19.5 Å². The fraction of sp³-hybridized carbons (Fsp3) is 0.333. The lowest BCUT2D eigenvalue weighted by molar-refractivity contribution is -0.138. The van der Waals surface area contributed by atoms with E-state index < -0.39 is 19.8 Å². The van der Waals surface area contributed by atoms with Gasteiger partial charge in [0, 0.05) is 5.92 Å². The van der Waals surface area contributed by atoms with Gasteiger partial charge in [0.25, 0.3) is 0 Å². The third kappa shape index (κ3) is 5.41. The number of aromatic nitrogens is 4. The fourth-order valence-corrected chi connectivity index (χ4v) is 5.64. The van der Waals surface area contributed by atoms with E-state index in [0.29, 0.717) is 28.4 Å². The number of carboxylic acids is 1. The first-order valence-corrected chi connectivity index (χ1v) is 13.3. The lowest BCUT2D eigenvalue weighted by Gasteiger charge is -2.23. The number of benzene rings is 1. The number of carbonyl (C=O) groups is 1. The summed E-state index contributed by atoms with van der Waals surface area (Å²) in [7, 11) is -3.96. The third-order valence-corrected chi connectivity index (χ3v) is 7.57. The number of anilines is 1. The van der Waals surface area contributed by atoms with E-state index in [4.69, 9.17) is 14.8 Å². The van der Waals surface area contributed by atoms with Crippen LogP contribution in [0.5, 0.6) is 5.75 Å². The molecular weight excluding hydrogens is 479 g/mol. The first kappa shape index (κ1) is 24.2. The van der Waals surface area contributed by atoms with Gasteiger partial charge in [0.15, 0.2) is 5.65 Å². The number of hydrogen-bond donors (Lipinski definition) is 3. The Labute approximate surface area is 200 Å². The van der Waals surface area contributed by atoms with E-state index in [1.54, 1.807) is 36.7 Å². The maximum atomic E-state index is 13.4. The second kappa shape index (κ2) is 10.1. The molecule has 4 atom stereocenters. The highest BCUT2D eigenvalue weighted by atomic mass is 32.2. The molecule has 1 unspecified atom stereocenters. The molecule has 4 rings (SSSR count). The summed E-state index contributed by atoms with van der Waals surface area (Å²) in [6, 6.07) is 7.29. The Balaban J connectivity index is 1.46. The summed E-state index contributed by atoms with van der Waals surface area (Å²) >= 11 is 1.45. The number of imidazole rings is 1. The number of fused-ring (bicyclic) bond motifs is 1. The number of hydrogen-bond acceptors (Lipinski definition) is 9. The zero-order valence-corrected chi connectivity index (χ0v) is 20.3. The molecule has 0 fully saturated rings.